The third-order valence-corrected chi connectivity index (χ3v) is 6.33. The third kappa shape index (κ3) is 6.43. The summed E-state index contributed by atoms with van der Waals surface area (Å²) in [6, 6.07) is 11.3. The molecule has 0 bridgehead atoms. The van der Waals surface area contributed by atoms with Crippen LogP contribution in [0.25, 0.3) is 0 Å². The van der Waals surface area contributed by atoms with Crippen LogP contribution in [0.3, 0.4) is 0 Å². The molecule has 0 saturated heterocycles. The highest BCUT2D eigenvalue weighted by atomic mass is 35.5. The monoisotopic (exact) mass is 483 g/mol. The molecule has 1 N–H and O–H groups in total. The first-order valence-corrected chi connectivity index (χ1v) is 12.4. The van der Waals surface area contributed by atoms with Crippen molar-refractivity contribution in [3.8, 4) is 0 Å². The molecule has 0 aliphatic rings. The first kappa shape index (κ1) is 25.6. The van der Waals surface area contributed by atoms with E-state index in [9.17, 15) is 22.4 Å². The zero-order chi connectivity index (χ0) is 23.9. The van der Waals surface area contributed by atoms with E-state index < -0.39 is 34.3 Å². The van der Waals surface area contributed by atoms with E-state index in [0.29, 0.717) is 27.9 Å². The topological polar surface area (TPSA) is 86.8 Å². The number of nitrogens with one attached hydrogen (secondary N) is 1. The molecule has 1 unspecified atom stereocenters. The van der Waals surface area contributed by atoms with Crippen LogP contribution in [0.15, 0.2) is 48.5 Å². The highest BCUT2D eigenvalue weighted by molar-refractivity contribution is 7.92. The van der Waals surface area contributed by atoms with Crippen LogP contribution in [0.1, 0.15) is 25.8 Å². The Balaban J connectivity index is 2.46. The number of nitrogens with zero attached hydrogens (tertiary/aromatic N) is 2. The van der Waals surface area contributed by atoms with Gasteiger partial charge in [-0.15, -0.1) is 0 Å². The number of para-hydroxylation sites is 1. The van der Waals surface area contributed by atoms with Crippen molar-refractivity contribution in [2.24, 2.45) is 0 Å². The fraction of sp³-hybridized carbons (Fsp3) is 0.364. The Hall–Kier alpha value is -2.65. The summed E-state index contributed by atoms with van der Waals surface area (Å²) >= 11 is 6.26. The molecule has 0 heterocycles. The SMILES string of the molecule is CCNC(=O)C(CC)N(Cc1ccccc1Cl)C(=O)CN(c1ccccc1F)S(C)(=O)=O. The van der Waals surface area contributed by atoms with E-state index in [1.807, 2.05) is 0 Å². The lowest BCUT2D eigenvalue weighted by molar-refractivity contribution is -0.140. The molecule has 7 nitrogen and oxygen atoms in total. The Labute approximate surface area is 193 Å². The van der Waals surface area contributed by atoms with Gasteiger partial charge in [0, 0.05) is 18.1 Å². The zero-order valence-corrected chi connectivity index (χ0v) is 19.8. The lowest BCUT2D eigenvalue weighted by Crippen LogP contribution is -2.52. The van der Waals surface area contributed by atoms with Gasteiger partial charge in [-0.25, -0.2) is 12.8 Å². The van der Waals surface area contributed by atoms with Gasteiger partial charge in [-0.05, 0) is 37.1 Å². The zero-order valence-electron chi connectivity index (χ0n) is 18.2. The fourth-order valence-electron chi connectivity index (χ4n) is 3.27. The molecule has 0 spiro atoms. The number of carbonyl (C=O) groups is 2. The van der Waals surface area contributed by atoms with Crippen LogP contribution < -0.4 is 9.62 Å². The van der Waals surface area contributed by atoms with Gasteiger partial charge >= 0.3 is 0 Å². The Kier molecular flexibility index (Phi) is 9.03. The number of hydrogen-bond donors (Lipinski definition) is 1. The molecular formula is C22H27ClFN3O4S. The molecule has 0 aliphatic carbocycles. The predicted octanol–water partition coefficient (Wildman–Crippen LogP) is 3.19. The van der Waals surface area contributed by atoms with Crippen molar-refractivity contribution in [1.82, 2.24) is 10.2 Å². The summed E-state index contributed by atoms with van der Waals surface area (Å²) in [4.78, 5) is 27.3. The van der Waals surface area contributed by atoms with E-state index in [1.165, 1.54) is 23.1 Å². The second kappa shape index (κ2) is 11.3. The van der Waals surface area contributed by atoms with E-state index in [4.69, 9.17) is 11.6 Å². The normalized spacial score (nSPS) is 12.2. The van der Waals surface area contributed by atoms with Crippen molar-refractivity contribution in [3.05, 3.63) is 64.9 Å². The first-order valence-electron chi connectivity index (χ1n) is 10.1. The molecule has 2 aromatic rings. The molecule has 2 aromatic carbocycles. The predicted molar refractivity (Wildman–Crippen MR) is 123 cm³/mol. The second-order valence-corrected chi connectivity index (χ2v) is 9.47. The number of likely N-dealkylation sites (N-methyl/N-ethyl adjacent to an activating group) is 1. The largest absolute Gasteiger partial charge is 0.355 e. The molecule has 32 heavy (non-hydrogen) atoms. The Morgan fingerprint density at radius 1 is 1.09 bits per heavy atom. The van der Waals surface area contributed by atoms with Gasteiger partial charge in [0.15, 0.2) is 0 Å². The number of amides is 2. The van der Waals surface area contributed by atoms with Crippen LogP contribution in [-0.4, -0.2) is 50.5 Å². The number of hydrogen-bond acceptors (Lipinski definition) is 4. The summed E-state index contributed by atoms with van der Waals surface area (Å²) in [5.74, 6) is -1.80. The summed E-state index contributed by atoms with van der Waals surface area (Å²) in [6.45, 7) is 3.20. The fourth-order valence-corrected chi connectivity index (χ4v) is 4.32. The summed E-state index contributed by atoms with van der Waals surface area (Å²) in [5.41, 5.74) is 0.356. The lowest BCUT2D eigenvalue weighted by atomic mass is 10.1. The van der Waals surface area contributed by atoms with Crippen molar-refractivity contribution in [2.75, 3.05) is 23.7 Å². The molecule has 1 atom stereocenters. The Morgan fingerprint density at radius 3 is 2.28 bits per heavy atom. The highest BCUT2D eigenvalue weighted by Crippen LogP contribution is 2.24. The van der Waals surface area contributed by atoms with Crippen molar-refractivity contribution < 1.29 is 22.4 Å². The summed E-state index contributed by atoms with van der Waals surface area (Å²) < 4.78 is 39.9. The molecule has 0 aromatic heterocycles. The number of rotatable bonds is 10. The average Bonchev–Trinajstić information content (AvgIpc) is 2.73. The van der Waals surface area contributed by atoms with E-state index in [2.05, 4.69) is 5.32 Å². The Morgan fingerprint density at radius 2 is 1.72 bits per heavy atom. The molecule has 0 fully saturated rings. The average molecular weight is 484 g/mol. The van der Waals surface area contributed by atoms with Gasteiger partial charge in [0.2, 0.25) is 21.8 Å². The van der Waals surface area contributed by atoms with E-state index in [0.717, 1.165) is 12.3 Å². The third-order valence-electron chi connectivity index (χ3n) is 4.84. The Bertz CT molecular complexity index is 1060. The van der Waals surface area contributed by atoms with Crippen molar-refractivity contribution in [1.29, 1.82) is 0 Å². The molecule has 0 saturated carbocycles. The van der Waals surface area contributed by atoms with Gasteiger partial charge in [0.05, 0.1) is 11.9 Å². The number of sulfonamides is 1. The van der Waals surface area contributed by atoms with Crippen molar-refractivity contribution in [2.45, 2.75) is 32.9 Å². The molecule has 2 amide bonds. The van der Waals surface area contributed by atoms with Crippen LogP contribution in [0.2, 0.25) is 5.02 Å². The second-order valence-electron chi connectivity index (χ2n) is 7.15. The quantitative estimate of drug-likeness (QED) is 0.562. The van der Waals surface area contributed by atoms with Gasteiger partial charge in [-0.2, -0.15) is 0 Å². The minimum absolute atomic E-state index is 0.0109. The number of anilines is 1. The van der Waals surface area contributed by atoms with Crippen LogP contribution in [0.4, 0.5) is 10.1 Å². The maximum atomic E-state index is 14.4. The number of carbonyl (C=O) groups excluding carboxylic acids is 2. The number of benzene rings is 2. The van der Waals surface area contributed by atoms with Gasteiger partial charge < -0.3 is 10.2 Å². The van der Waals surface area contributed by atoms with Crippen molar-refractivity contribution >= 4 is 39.1 Å². The molecule has 10 heteroatoms. The minimum Gasteiger partial charge on any atom is -0.355 e. The van der Waals surface area contributed by atoms with E-state index in [-0.39, 0.29) is 18.1 Å². The van der Waals surface area contributed by atoms with Gasteiger partial charge in [-0.1, -0.05) is 48.9 Å². The van der Waals surface area contributed by atoms with Gasteiger partial charge in [0.25, 0.3) is 0 Å². The minimum atomic E-state index is -3.99. The van der Waals surface area contributed by atoms with E-state index in [1.54, 1.807) is 38.1 Å². The maximum Gasteiger partial charge on any atom is 0.244 e. The van der Waals surface area contributed by atoms with E-state index >= 15 is 0 Å². The van der Waals surface area contributed by atoms with Crippen LogP contribution in [-0.2, 0) is 26.2 Å². The molecule has 174 valence electrons. The molecule has 0 radical (unpaired) electrons. The first-order chi connectivity index (χ1) is 15.1. The summed E-state index contributed by atoms with van der Waals surface area (Å²) in [7, 11) is -3.99. The van der Waals surface area contributed by atoms with Gasteiger partial charge in [0.1, 0.15) is 18.4 Å². The van der Waals surface area contributed by atoms with Crippen LogP contribution in [0, 0.1) is 5.82 Å². The maximum absolute atomic E-state index is 14.4. The summed E-state index contributed by atoms with van der Waals surface area (Å²) in [5, 5.41) is 3.11. The lowest BCUT2D eigenvalue weighted by Gasteiger charge is -2.33. The molecule has 0 aliphatic heterocycles. The molecular weight excluding hydrogens is 457 g/mol. The molecule has 2 rings (SSSR count). The van der Waals surface area contributed by atoms with Gasteiger partial charge in [-0.3, -0.25) is 13.9 Å². The standard InChI is InChI=1S/C22H27ClFN3O4S/c1-4-19(22(29)25-5-2)26(14-16-10-6-7-11-17(16)23)21(28)15-27(32(3,30)31)20-13-9-8-12-18(20)24/h6-13,19H,4-5,14-15H2,1-3H3,(H,25,29). The smallest absolute Gasteiger partial charge is 0.244 e. The van der Waals surface area contributed by atoms with Crippen LogP contribution >= 0.6 is 11.6 Å². The summed E-state index contributed by atoms with van der Waals surface area (Å²) in [6.07, 6.45) is 1.19. The number of halogens is 2. The van der Waals surface area contributed by atoms with Crippen LogP contribution in [0.5, 0.6) is 0 Å². The van der Waals surface area contributed by atoms with Crippen molar-refractivity contribution in [3.63, 3.8) is 0 Å². The highest BCUT2D eigenvalue weighted by Gasteiger charge is 2.32.